The predicted molar refractivity (Wildman–Crippen MR) is 73.8 cm³/mol. The molecule has 0 radical (unpaired) electrons. The van der Waals surface area contributed by atoms with E-state index in [-0.39, 0.29) is 12.6 Å². The van der Waals surface area contributed by atoms with Crippen molar-refractivity contribution in [3.05, 3.63) is 42.0 Å². The van der Waals surface area contributed by atoms with Gasteiger partial charge in [-0.05, 0) is 24.6 Å². The molecule has 1 N–H and O–H groups in total. The van der Waals surface area contributed by atoms with Gasteiger partial charge in [0.05, 0.1) is 6.54 Å². The fourth-order valence-corrected chi connectivity index (χ4v) is 1.80. The first-order valence-electron chi connectivity index (χ1n) is 6.36. The first-order chi connectivity index (χ1) is 9.70. The highest BCUT2D eigenvalue weighted by Gasteiger charge is 2.07. The number of nitrogens with one attached hydrogen (secondary N) is 1. The lowest BCUT2D eigenvalue weighted by atomic mass is 10.1. The maximum absolute atomic E-state index is 8.46. The molecule has 20 heavy (non-hydrogen) atoms. The summed E-state index contributed by atoms with van der Waals surface area (Å²) in [6.45, 7) is 2.81. The Morgan fingerprint density at radius 2 is 2.15 bits per heavy atom. The van der Waals surface area contributed by atoms with Gasteiger partial charge in [-0.3, -0.25) is 0 Å². The Balaban J connectivity index is 1.90. The maximum Gasteiger partial charge on any atom is 0.174 e. The first-order valence-corrected chi connectivity index (χ1v) is 6.36. The van der Waals surface area contributed by atoms with Gasteiger partial charge in [-0.2, -0.15) is 5.26 Å². The van der Waals surface area contributed by atoms with Gasteiger partial charge in [-0.15, -0.1) is 10.2 Å². The minimum absolute atomic E-state index is 0.0688. The lowest BCUT2D eigenvalue weighted by Crippen LogP contribution is -2.20. The van der Waals surface area contributed by atoms with Crippen molar-refractivity contribution in [2.75, 3.05) is 6.61 Å². The van der Waals surface area contributed by atoms with E-state index in [1.807, 2.05) is 41.9 Å². The van der Waals surface area contributed by atoms with Crippen molar-refractivity contribution in [1.29, 1.82) is 5.26 Å². The fourth-order valence-electron chi connectivity index (χ4n) is 1.80. The van der Waals surface area contributed by atoms with E-state index in [4.69, 9.17) is 10.00 Å². The van der Waals surface area contributed by atoms with E-state index in [0.717, 1.165) is 11.4 Å². The van der Waals surface area contributed by atoms with Crippen molar-refractivity contribution >= 4 is 0 Å². The van der Waals surface area contributed by atoms with E-state index in [2.05, 4.69) is 22.4 Å². The van der Waals surface area contributed by atoms with E-state index in [0.29, 0.717) is 12.3 Å². The molecule has 0 aliphatic heterocycles. The van der Waals surface area contributed by atoms with Gasteiger partial charge in [0, 0.05) is 13.1 Å². The fraction of sp³-hybridized carbons (Fsp3) is 0.357. The van der Waals surface area contributed by atoms with E-state index < -0.39 is 0 Å². The Hall–Kier alpha value is -2.39. The Labute approximate surface area is 118 Å². The van der Waals surface area contributed by atoms with E-state index in [9.17, 15) is 0 Å². The highest BCUT2D eigenvalue weighted by molar-refractivity contribution is 5.29. The van der Waals surface area contributed by atoms with E-state index in [1.165, 1.54) is 0 Å². The van der Waals surface area contributed by atoms with Crippen molar-refractivity contribution in [3.63, 3.8) is 0 Å². The maximum atomic E-state index is 8.46. The molecule has 1 aromatic carbocycles. The molecule has 2 aromatic rings. The van der Waals surface area contributed by atoms with Gasteiger partial charge < -0.3 is 14.6 Å². The van der Waals surface area contributed by atoms with E-state index in [1.54, 1.807) is 6.33 Å². The smallest absolute Gasteiger partial charge is 0.174 e. The van der Waals surface area contributed by atoms with Crippen molar-refractivity contribution in [2.24, 2.45) is 7.05 Å². The van der Waals surface area contributed by atoms with Gasteiger partial charge in [0.2, 0.25) is 0 Å². The zero-order chi connectivity index (χ0) is 14.4. The molecule has 0 aliphatic rings. The topological polar surface area (TPSA) is 75.8 Å². The Bertz CT molecular complexity index is 584. The number of nitrogens with zero attached hydrogens (tertiary/aromatic N) is 4. The van der Waals surface area contributed by atoms with Crippen LogP contribution < -0.4 is 10.1 Å². The molecule has 6 heteroatoms. The van der Waals surface area contributed by atoms with Crippen molar-refractivity contribution in [2.45, 2.75) is 19.5 Å². The predicted octanol–water partition coefficient (Wildman–Crippen LogP) is 1.57. The van der Waals surface area contributed by atoms with Crippen LogP contribution >= 0.6 is 0 Å². The second kappa shape index (κ2) is 6.68. The van der Waals surface area contributed by atoms with Crippen LogP contribution in [0.4, 0.5) is 0 Å². The second-order valence-electron chi connectivity index (χ2n) is 4.48. The molecule has 1 aromatic heterocycles. The molecule has 1 atom stereocenters. The third kappa shape index (κ3) is 3.56. The summed E-state index contributed by atoms with van der Waals surface area (Å²) in [5, 5.41) is 19.7. The zero-order valence-corrected chi connectivity index (χ0v) is 11.6. The number of benzene rings is 1. The molecule has 1 heterocycles. The quantitative estimate of drug-likeness (QED) is 0.863. The minimum Gasteiger partial charge on any atom is -0.479 e. The SMILES string of the molecule is CC(NCc1nncn1C)c1ccc(OCC#N)cc1. The van der Waals surface area contributed by atoms with Crippen LogP contribution in [-0.2, 0) is 13.6 Å². The van der Waals surface area contributed by atoms with Gasteiger partial charge in [0.25, 0.3) is 0 Å². The molecule has 1 unspecified atom stereocenters. The molecule has 2 rings (SSSR count). The third-order valence-corrected chi connectivity index (χ3v) is 3.05. The van der Waals surface area contributed by atoms with Gasteiger partial charge in [0.15, 0.2) is 6.61 Å². The van der Waals surface area contributed by atoms with Crippen molar-refractivity contribution in [1.82, 2.24) is 20.1 Å². The number of ether oxygens (including phenoxy) is 1. The Kier molecular flexibility index (Phi) is 4.69. The summed E-state index contributed by atoms with van der Waals surface area (Å²) in [7, 11) is 1.92. The number of aromatic nitrogens is 3. The molecule has 0 saturated carbocycles. The number of rotatable bonds is 6. The van der Waals surface area contributed by atoms with Gasteiger partial charge in [0.1, 0.15) is 24.0 Å². The molecule has 0 amide bonds. The molecule has 0 fully saturated rings. The molecule has 104 valence electrons. The molecular weight excluding hydrogens is 254 g/mol. The van der Waals surface area contributed by atoms with Crippen LogP contribution in [0, 0.1) is 11.3 Å². The monoisotopic (exact) mass is 271 g/mol. The first kappa shape index (κ1) is 14.0. The molecule has 6 nitrogen and oxygen atoms in total. The summed E-state index contributed by atoms with van der Waals surface area (Å²) in [6, 6.07) is 9.85. The Morgan fingerprint density at radius 1 is 1.40 bits per heavy atom. The number of hydrogen-bond donors (Lipinski definition) is 1. The Morgan fingerprint density at radius 3 is 2.75 bits per heavy atom. The molecule has 0 saturated heterocycles. The van der Waals surface area contributed by atoms with Crippen LogP contribution in [0.15, 0.2) is 30.6 Å². The number of aryl methyl sites for hydroxylation is 1. The van der Waals surface area contributed by atoms with Crippen LogP contribution in [0.25, 0.3) is 0 Å². The number of hydrogen-bond acceptors (Lipinski definition) is 5. The normalized spacial score (nSPS) is 11.8. The highest BCUT2D eigenvalue weighted by Crippen LogP contribution is 2.17. The molecule has 0 spiro atoms. The number of nitriles is 1. The average molecular weight is 271 g/mol. The summed E-state index contributed by atoms with van der Waals surface area (Å²) < 4.78 is 7.11. The van der Waals surface area contributed by atoms with Crippen LogP contribution in [-0.4, -0.2) is 21.4 Å². The van der Waals surface area contributed by atoms with Crippen LogP contribution in [0.3, 0.4) is 0 Å². The lowest BCUT2D eigenvalue weighted by molar-refractivity contribution is 0.368. The van der Waals surface area contributed by atoms with E-state index >= 15 is 0 Å². The summed E-state index contributed by atoms with van der Waals surface area (Å²) in [4.78, 5) is 0. The van der Waals surface area contributed by atoms with Crippen LogP contribution in [0.1, 0.15) is 24.4 Å². The van der Waals surface area contributed by atoms with Crippen LogP contribution in [0.5, 0.6) is 5.75 Å². The summed E-state index contributed by atoms with van der Waals surface area (Å²) >= 11 is 0. The van der Waals surface area contributed by atoms with Gasteiger partial charge in [-0.25, -0.2) is 0 Å². The lowest BCUT2D eigenvalue weighted by Gasteiger charge is -2.14. The summed E-state index contributed by atoms with van der Waals surface area (Å²) in [5.74, 6) is 1.60. The van der Waals surface area contributed by atoms with Crippen molar-refractivity contribution in [3.8, 4) is 11.8 Å². The second-order valence-corrected chi connectivity index (χ2v) is 4.48. The van der Waals surface area contributed by atoms with Crippen LogP contribution in [0.2, 0.25) is 0 Å². The summed E-state index contributed by atoms with van der Waals surface area (Å²) in [6.07, 6.45) is 1.68. The molecule has 0 bridgehead atoms. The third-order valence-electron chi connectivity index (χ3n) is 3.05. The standard InChI is InChI=1S/C14H17N5O/c1-11(16-9-14-18-17-10-19(14)2)12-3-5-13(6-4-12)20-8-7-15/h3-6,10-11,16H,8-9H2,1-2H3. The summed E-state index contributed by atoms with van der Waals surface area (Å²) in [5.41, 5.74) is 1.15. The average Bonchev–Trinajstić information content (AvgIpc) is 2.88. The van der Waals surface area contributed by atoms with Crippen molar-refractivity contribution < 1.29 is 4.74 Å². The largest absolute Gasteiger partial charge is 0.479 e. The molecule has 0 aliphatic carbocycles. The van der Waals surface area contributed by atoms with Gasteiger partial charge >= 0.3 is 0 Å². The minimum atomic E-state index is 0.0688. The highest BCUT2D eigenvalue weighted by atomic mass is 16.5. The molecular formula is C14H17N5O. The van der Waals surface area contributed by atoms with Gasteiger partial charge in [-0.1, -0.05) is 12.1 Å². The zero-order valence-electron chi connectivity index (χ0n) is 11.6.